The molecule has 0 aliphatic carbocycles. The van der Waals surface area contributed by atoms with Gasteiger partial charge in [-0.05, 0) is 52.7 Å². The lowest BCUT2D eigenvalue weighted by Gasteiger charge is -2.35. The third-order valence-electron chi connectivity index (χ3n) is 4.00. The van der Waals surface area contributed by atoms with Crippen molar-refractivity contribution in [1.82, 2.24) is 15.6 Å². The van der Waals surface area contributed by atoms with Crippen molar-refractivity contribution in [3.05, 3.63) is 30.1 Å². The maximum Gasteiger partial charge on any atom is 0.408 e. The van der Waals surface area contributed by atoms with Gasteiger partial charge >= 0.3 is 6.09 Å². The normalized spacial score (nSPS) is 13.5. The number of carbonyl (C=O) groups is 1. The Balaban J connectivity index is 2.68. The van der Waals surface area contributed by atoms with Gasteiger partial charge in [0.05, 0.1) is 11.2 Å². The molecular formula is C18H31N3O2. The van der Waals surface area contributed by atoms with Gasteiger partial charge in [0.15, 0.2) is 0 Å². The molecule has 1 amide bonds. The first-order chi connectivity index (χ1) is 10.7. The van der Waals surface area contributed by atoms with E-state index in [1.54, 1.807) is 6.20 Å². The second-order valence-electron chi connectivity index (χ2n) is 6.97. The van der Waals surface area contributed by atoms with E-state index >= 15 is 0 Å². The Labute approximate surface area is 140 Å². The summed E-state index contributed by atoms with van der Waals surface area (Å²) in [5.74, 6) is 0. The number of amides is 1. The molecule has 1 aromatic heterocycles. The van der Waals surface area contributed by atoms with Crippen LogP contribution < -0.4 is 10.6 Å². The van der Waals surface area contributed by atoms with Crippen molar-refractivity contribution in [3.63, 3.8) is 0 Å². The fourth-order valence-electron chi connectivity index (χ4n) is 2.33. The zero-order valence-electron chi connectivity index (χ0n) is 15.3. The molecule has 5 heteroatoms. The van der Waals surface area contributed by atoms with Crippen molar-refractivity contribution in [1.29, 1.82) is 0 Å². The van der Waals surface area contributed by atoms with Crippen molar-refractivity contribution < 1.29 is 9.53 Å². The van der Waals surface area contributed by atoms with Gasteiger partial charge in [0.25, 0.3) is 0 Å². The molecule has 0 saturated heterocycles. The van der Waals surface area contributed by atoms with E-state index in [1.807, 2.05) is 39.0 Å². The molecular weight excluding hydrogens is 290 g/mol. The molecule has 1 heterocycles. The second kappa shape index (κ2) is 8.29. The van der Waals surface area contributed by atoms with Crippen molar-refractivity contribution in [2.45, 2.75) is 71.6 Å². The lowest BCUT2D eigenvalue weighted by molar-refractivity contribution is 0.0444. The van der Waals surface area contributed by atoms with E-state index in [1.165, 1.54) is 0 Å². The van der Waals surface area contributed by atoms with Gasteiger partial charge in [0.2, 0.25) is 0 Å². The number of carbonyl (C=O) groups excluding carboxylic acids is 1. The lowest BCUT2D eigenvalue weighted by Crippen LogP contribution is -2.55. The Hall–Kier alpha value is -1.62. The Bertz CT molecular complexity index is 479. The molecule has 130 valence electrons. The molecule has 0 aliphatic rings. The summed E-state index contributed by atoms with van der Waals surface area (Å²) >= 11 is 0. The zero-order valence-corrected chi connectivity index (χ0v) is 15.3. The average molecular weight is 321 g/mol. The van der Waals surface area contributed by atoms with Crippen LogP contribution in [0, 0.1) is 0 Å². The lowest BCUT2D eigenvalue weighted by atomic mass is 9.92. The van der Waals surface area contributed by atoms with Crippen molar-refractivity contribution in [2.75, 3.05) is 6.54 Å². The third kappa shape index (κ3) is 6.57. The maximum atomic E-state index is 12.1. The molecule has 1 unspecified atom stereocenters. The van der Waals surface area contributed by atoms with Crippen LogP contribution >= 0.6 is 0 Å². The molecule has 0 fully saturated rings. The van der Waals surface area contributed by atoms with Gasteiger partial charge < -0.3 is 15.4 Å². The van der Waals surface area contributed by atoms with Gasteiger partial charge in [-0.1, -0.05) is 19.9 Å². The van der Waals surface area contributed by atoms with Crippen molar-refractivity contribution in [3.8, 4) is 0 Å². The molecule has 1 aromatic rings. The summed E-state index contributed by atoms with van der Waals surface area (Å²) in [6.07, 6.45) is 3.07. The maximum absolute atomic E-state index is 12.1. The summed E-state index contributed by atoms with van der Waals surface area (Å²) in [7, 11) is 0. The van der Waals surface area contributed by atoms with Crippen molar-refractivity contribution >= 4 is 6.09 Å². The summed E-state index contributed by atoms with van der Waals surface area (Å²) in [4.78, 5) is 16.5. The summed E-state index contributed by atoms with van der Waals surface area (Å²) in [6, 6.07) is 6.00. The van der Waals surface area contributed by atoms with E-state index in [-0.39, 0.29) is 17.7 Å². The molecule has 2 N–H and O–H groups in total. The molecule has 23 heavy (non-hydrogen) atoms. The van der Waals surface area contributed by atoms with E-state index in [0.717, 1.165) is 18.5 Å². The average Bonchev–Trinajstić information content (AvgIpc) is 2.50. The van der Waals surface area contributed by atoms with Crippen LogP contribution in [0.1, 0.15) is 66.1 Å². The first kappa shape index (κ1) is 19.4. The highest BCUT2D eigenvalue weighted by molar-refractivity contribution is 5.68. The van der Waals surface area contributed by atoms with Crippen LogP contribution in [0.2, 0.25) is 0 Å². The Morgan fingerprint density at radius 2 is 1.91 bits per heavy atom. The Morgan fingerprint density at radius 1 is 1.26 bits per heavy atom. The number of ether oxygens (including phenoxy) is 1. The molecule has 5 nitrogen and oxygen atoms in total. The van der Waals surface area contributed by atoms with Gasteiger partial charge in [-0.15, -0.1) is 0 Å². The molecule has 0 spiro atoms. The van der Waals surface area contributed by atoms with E-state index < -0.39 is 5.60 Å². The second-order valence-corrected chi connectivity index (χ2v) is 6.97. The zero-order chi connectivity index (χ0) is 17.5. The van der Waals surface area contributed by atoms with Crippen molar-refractivity contribution in [2.24, 2.45) is 0 Å². The third-order valence-corrected chi connectivity index (χ3v) is 4.00. The number of hydrogen-bond donors (Lipinski definition) is 2. The Kier molecular flexibility index (Phi) is 7.01. The molecule has 1 atom stereocenters. The highest BCUT2D eigenvalue weighted by Gasteiger charge is 2.30. The van der Waals surface area contributed by atoms with E-state index in [0.29, 0.717) is 6.54 Å². The van der Waals surface area contributed by atoms with Gasteiger partial charge in [-0.2, -0.15) is 0 Å². The number of nitrogens with zero attached hydrogens (tertiary/aromatic N) is 1. The number of nitrogens with one attached hydrogen (secondary N) is 2. The predicted molar refractivity (Wildman–Crippen MR) is 93.3 cm³/mol. The SMILES string of the molecule is CCC(CC)(CNC(C)c1ccccn1)NC(=O)OC(C)(C)C. The van der Waals surface area contributed by atoms with E-state index in [4.69, 9.17) is 4.74 Å². The minimum absolute atomic E-state index is 0.120. The summed E-state index contributed by atoms with van der Waals surface area (Å²) < 4.78 is 5.40. The predicted octanol–water partition coefficient (Wildman–Crippen LogP) is 3.82. The van der Waals surface area contributed by atoms with Crippen LogP contribution in [-0.2, 0) is 4.74 Å². The van der Waals surface area contributed by atoms with Crippen LogP contribution in [-0.4, -0.2) is 28.8 Å². The molecule has 0 saturated carbocycles. The summed E-state index contributed by atoms with van der Waals surface area (Å²) in [5, 5.41) is 6.53. The molecule has 1 rings (SSSR count). The Morgan fingerprint density at radius 3 is 2.39 bits per heavy atom. The van der Waals surface area contributed by atoms with Gasteiger partial charge in [-0.3, -0.25) is 4.98 Å². The monoisotopic (exact) mass is 321 g/mol. The molecule has 0 radical (unpaired) electrons. The quantitative estimate of drug-likeness (QED) is 0.801. The van der Waals surface area contributed by atoms with Crippen LogP contribution in [0.15, 0.2) is 24.4 Å². The fourth-order valence-corrected chi connectivity index (χ4v) is 2.33. The number of rotatable bonds is 7. The fraction of sp³-hybridized carbons (Fsp3) is 0.667. The van der Waals surface area contributed by atoms with E-state index in [9.17, 15) is 4.79 Å². The standard InChI is InChI=1S/C18H31N3O2/c1-7-18(8-2,21-16(22)23-17(4,5)6)13-20-14(3)15-11-9-10-12-19-15/h9-12,14,20H,7-8,13H2,1-6H3,(H,21,22). The van der Waals surface area contributed by atoms with E-state index in [2.05, 4.69) is 36.4 Å². The molecule has 0 bridgehead atoms. The number of hydrogen-bond acceptors (Lipinski definition) is 4. The highest BCUT2D eigenvalue weighted by Crippen LogP contribution is 2.18. The molecule has 0 aromatic carbocycles. The van der Waals surface area contributed by atoms with Crippen LogP contribution in [0.4, 0.5) is 4.79 Å². The smallest absolute Gasteiger partial charge is 0.408 e. The number of aromatic nitrogens is 1. The molecule has 0 aliphatic heterocycles. The number of alkyl carbamates (subject to hydrolysis) is 1. The number of pyridine rings is 1. The topological polar surface area (TPSA) is 63.2 Å². The van der Waals surface area contributed by atoms with Crippen LogP contribution in [0.5, 0.6) is 0 Å². The van der Waals surface area contributed by atoms with Crippen LogP contribution in [0.25, 0.3) is 0 Å². The van der Waals surface area contributed by atoms with Gasteiger partial charge in [0.1, 0.15) is 5.60 Å². The first-order valence-corrected chi connectivity index (χ1v) is 8.37. The largest absolute Gasteiger partial charge is 0.444 e. The minimum Gasteiger partial charge on any atom is -0.444 e. The highest BCUT2D eigenvalue weighted by atomic mass is 16.6. The van der Waals surface area contributed by atoms with Crippen LogP contribution in [0.3, 0.4) is 0 Å². The van der Waals surface area contributed by atoms with Gasteiger partial charge in [-0.25, -0.2) is 4.79 Å². The van der Waals surface area contributed by atoms with Gasteiger partial charge in [0, 0.05) is 18.8 Å². The first-order valence-electron chi connectivity index (χ1n) is 8.37. The summed E-state index contributed by atoms with van der Waals surface area (Å²) in [6.45, 7) is 12.5. The summed E-state index contributed by atoms with van der Waals surface area (Å²) in [5.41, 5.74) is 0.169. The minimum atomic E-state index is -0.494.